The molecule has 8 nitrogen and oxygen atoms in total. The first-order chi connectivity index (χ1) is 23.6. The largest absolute Gasteiger partial charge is 0.472 e. The van der Waals surface area contributed by atoms with Crippen molar-refractivity contribution in [3.05, 3.63) is 48.6 Å². The predicted molar refractivity (Wildman–Crippen MR) is 205 cm³/mol. The van der Waals surface area contributed by atoms with Crippen LogP contribution in [0.15, 0.2) is 48.6 Å². The van der Waals surface area contributed by atoms with Crippen molar-refractivity contribution in [2.24, 2.45) is 0 Å². The van der Waals surface area contributed by atoms with Gasteiger partial charge in [-0.3, -0.25) is 13.8 Å². The maximum absolute atomic E-state index is 11.9. The van der Waals surface area contributed by atoms with E-state index in [0.717, 1.165) is 44.9 Å². The fourth-order valence-corrected chi connectivity index (χ4v) is 5.81. The number of esters is 1. The van der Waals surface area contributed by atoms with E-state index < -0.39 is 20.5 Å². The SMILES string of the molecule is CC/C=C\C/C=C\C/C=C\C/C=C\CCCCCCCCCCCCCCCCCCC(=O)OCC(O)COP(=O)(O)OCC[N+](C)(C)C. The number of phosphoric ester groups is 1. The molecule has 0 aliphatic heterocycles. The van der Waals surface area contributed by atoms with E-state index in [1.807, 2.05) is 21.1 Å². The molecule has 0 aliphatic rings. The molecule has 0 aromatic carbocycles. The summed E-state index contributed by atoms with van der Waals surface area (Å²) in [5.74, 6) is -0.372. The van der Waals surface area contributed by atoms with Crippen LogP contribution in [-0.2, 0) is 23.1 Å². The third-order valence-electron chi connectivity index (χ3n) is 8.10. The van der Waals surface area contributed by atoms with Gasteiger partial charge in [-0.15, -0.1) is 0 Å². The number of nitrogens with zero attached hydrogens (tertiary/aromatic N) is 1. The number of phosphoric acid groups is 1. The fourth-order valence-electron chi connectivity index (χ4n) is 5.06. The van der Waals surface area contributed by atoms with E-state index in [2.05, 4.69) is 55.5 Å². The summed E-state index contributed by atoms with van der Waals surface area (Å²) < 4.78 is 27.2. The van der Waals surface area contributed by atoms with Gasteiger partial charge in [0, 0.05) is 6.42 Å². The van der Waals surface area contributed by atoms with Gasteiger partial charge >= 0.3 is 13.8 Å². The number of ether oxygens (including phenoxy) is 1. The maximum Gasteiger partial charge on any atom is 0.472 e. The first-order valence-corrected chi connectivity index (χ1v) is 20.9. The van der Waals surface area contributed by atoms with E-state index in [4.69, 9.17) is 13.8 Å². The number of quaternary nitrogens is 1. The zero-order valence-corrected chi connectivity index (χ0v) is 32.8. The number of carbonyl (C=O) groups is 1. The Kier molecular flexibility index (Phi) is 32.5. The molecule has 0 amide bonds. The van der Waals surface area contributed by atoms with Crippen LogP contribution >= 0.6 is 7.82 Å². The number of rotatable bonds is 35. The molecule has 2 atom stereocenters. The first-order valence-electron chi connectivity index (χ1n) is 19.4. The molecule has 49 heavy (non-hydrogen) atoms. The Morgan fingerprint density at radius 2 is 1.06 bits per heavy atom. The molecule has 0 aliphatic carbocycles. The molecule has 0 heterocycles. The van der Waals surface area contributed by atoms with Crippen molar-refractivity contribution >= 4 is 13.8 Å². The minimum absolute atomic E-state index is 0.0538. The number of likely N-dealkylation sites (N-methyl/N-ethyl adjacent to an activating group) is 1. The van der Waals surface area contributed by atoms with Crippen LogP contribution < -0.4 is 0 Å². The number of aliphatic hydroxyl groups excluding tert-OH is 1. The van der Waals surface area contributed by atoms with Gasteiger partial charge in [-0.05, 0) is 44.9 Å². The van der Waals surface area contributed by atoms with Crippen molar-refractivity contribution in [2.75, 3.05) is 47.5 Å². The Hall–Kier alpha value is -1.54. The van der Waals surface area contributed by atoms with Gasteiger partial charge in [0.05, 0.1) is 27.7 Å². The van der Waals surface area contributed by atoms with Crippen LogP contribution in [0.25, 0.3) is 0 Å². The van der Waals surface area contributed by atoms with Crippen LogP contribution in [0.1, 0.15) is 148 Å². The van der Waals surface area contributed by atoms with E-state index >= 15 is 0 Å². The van der Waals surface area contributed by atoms with Crippen molar-refractivity contribution in [1.82, 2.24) is 0 Å². The lowest BCUT2D eigenvalue weighted by Gasteiger charge is -2.24. The highest BCUT2D eigenvalue weighted by molar-refractivity contribution is 7.47. The van der Waals surface area contributed by atoms with Crippen LogP contribution in [0, 0.1) is 0 Å². The zero-order chi connectivity index (χ0) is 36.3. The molecular formula is C40H75NO7P+. The molecule has 2 N–H and O–H groups in total. The molecule has 0 saturated carbocycles. The van der Waals surface area contributed by atoms with Crippen LogP contribution in [0.2, 0.25) is 0 Å². The summed E-state index contributed by atoms with van der Waals surface area (Å²) in [6.07, 6.45) is 42.9. The van der Waals surface area contributed by atoms with Crippen LogP contribution in [-0.4, -0.2) is 74.1 Å². The van der Waals surface area contributed by atoms with Crippen LogP contribution in [0.5, 0.6) is 0 Å². The molecule has 0 saturated heterocycles. The summed E-state index contributed by atoms with van der Waals surface area (Å²) in [6, 6.07) is 0. The van der Waals surface area contributed by atoms with Gasteiger partial charge in [-0.1, -0.05) is 145 Å². The second kappa shape index (κ2) is 33.6. The molecule has 0 spiro atoms. The molecule has 0 radical (unpaired) electrons. The topological polar surface area (TPSA) is 102 Å². The average Bonchev–Trinajstić information content (AvgIpc) is 3.05. The fraction of sp³-hybridized carbons (Fsp3) is 0.775. The quantitative estimate of drug-likeness (QED) is 0.0222. The highest BCUT2D eigenvalue weighted by Gasteiger charge is 2.24. The maximum atomic E-state index is 11.9. The van der Waals surface area contributed by atoms with Crippen molar-refractivity contribution in [1.29, 1.82) is 0 Å². The van der Waals surface area contributed by atoms with E-state index in [1.54, 1.807) is 0 Å². The van der Waals surface area contributed by atoms with E-state index in [1.165, 1.54) is 89.9 Å². The first kappa shape index (κ1) is 47.5. The number of aliphatic hydroxyl groups is 1. The van der Waals surface area contributed by atoms with Gasteiger partial charge in [0.25, 0.3) is 0 Å². The molecule has 286 valence electrons. The highest BCUT2D eigenvalue weighted by atomic mass is 31.2. The smallest absolute Gasteiger partial charge is 0.463 e. The Morgan fingerprint density at radius 3 is 1.53 bits per heavy atom. The van der Waals surface area contributed by atoms with Crippen molar-refractivity contribution < 1.29 is 37.6 Å². The summed E-state index contributed by atoms with van der Waals surface area (Å²) in [5.41, 5.74) is 0. The Morgan fingerprint density at radius 1 is 0.633 bits per heavy atom. The molecule has 2 unspecified atom stereocenters. The lowest BCUT2D eigenvalue weighted by atomic mass is 10.0. The highest BCUT2D eigenvalue weighted by Crippen LogP contribution is 2.43. The Balaban J connectivity index is 3.42. The minimum atomic E-state index is -4.25. The number of carbonyl (C=O) groups excluding carboxylic acids is 1. The minimum Gasteiger partial charge on any atom is -0.463 e. The standard InChI is InChI=1S/C40H74NO7P/c1-5-6-7-8-9-10-11-12-13-14-15-16-17-18-19-20-21-22-23-24-25-26-27-28-29-30-31-32-33-34-40(43)46-37-39(42)38-48-49(44,45)47-36-35-41(2,3)4/h6-7,9-10,12-13,15-16,39,42H,5,8,11,14,17-38H2,1-4H3/p+1/b7-6-,10-9-,13-12-,16-15-. The molecule has 9 heteroatoms. The molecule has 0 fully saturated rings. The second-order valence-electron chi connectivity index (χ2n) is 14.1. The van der Waals surface area contributed by atoms with Crippen molar-refractivity contribution in [3.63, 3.8) is 0 Å². The predicted octanol–water partition coefficient (Wildman–Crippen LogP) is 10.6. The Bertz CT molecular complexity index is 926. The van der Waals surface area contributed by atoms with Gasteiger partial charge in [-0.2, -0.15) is 0 Å². The van der Waals surface area contributed by atoms with Gasteiger partial charge < -0.3 is 19.2 Å². The number of allylic oxidation sites excluding steroid dienone is 8. The van der Waals surface area contributed by atoms with Crippen LogP contribution in [0.3, 0.4) is 0 Å². The second-order valence-corrected chi connectivity index (χ2v) is 15.6. The van der Waals surface area contributed by atoms with Crippen LogP contribution in [0.4, 0.5) is 0 Å². The third-order valence-corrected chi connectivity index (χ3v) is 9.09. The summed E-state index contributed by atoms with van der Waals surface area (Å²) in [6.45, 7) is 2.03. The van der Waals surface area contributed by atoms with Crippen molar-refractivity contribution in [2.45, 2.75) is 154 Å². The van der Waals surface area contributed by atoms with Gasteiger partial charge in [0.15, 0.2) is 0 Å². The summed E-state index contributed by atoms with van der Waals surface area (Å²) >= 11 is 0. The molecule has 0 bridgehead atoms. The number of hydrogen-bond acceptors (Lipinski definition) is 6. The molecule has 0 aromatic rings. The zero-order valence-electron chi connectivity index (χ0n) is 31.9. The van der Waals surface area contributed by atoms with Gasteiger partial charge in [-0.25, -0.2) is 4.57 Å². The van der Waals surface area contributed by atoms with E-state index in [-0.39, 0.29) is 19.2 Å². The van der Waals surface area contributed by atoms with E-state index in [9.17, 15) is 19.4 Å². The molecule has 0 rings (SSSR count). The lowest BCUT2D eigenvalue weighted by molar-refractivity contribution is -0.870. The summed E-state index contributed by atoms with van der Waals surface area (Å²) in [4.78, 5) is 21.6. The normalized spacial score (nSPS) is 14.5. The lowest BCUT2D eigenvalue weighted by Crippen LogP contribution is -2.37. The number of hydrogen-bond donors (Lipinski definition) is 2. The monoisotopic (exact) mass is 713 g/mol. The average molecular weight is 713 g/mol. The molecule has 0 aromatic heterocycles. The summed E-state index contributed by atoms with van der Waals surface area (Å²) in [5, 5.41) is 9.90. The number of unbranched alkanes of at least 4 members (excludes halogenated alkanes) is 16. The van der Waals surface area contributed by atoms with Crippen molar-refractivity contribution in [3.8, 4) is 0 Å². The van der Waals surface area contributed by atoms with Gasteiger partial charge in [0.2, 0.25) is 0 Å². The summed E-state index contributed by atoms with van der Waals surface area (Å²) in [7, 11) is 1.56. The van der Waals surface area contributed by atoms with E-state index in [0.29, 0.717) is 17.4 Å². The third kappa shape index (κ3) is 39.1. The molecular weight excluding hydrogens is 637 g/mol. The van der Waals surface area contributed by atoms with Gasteiger partial charge in [0.1, 0.15) is 25.9 Å². The Labute approximate surface area is 301 Å².